The molecule has 3 N–H and O–H groups in total. The molecule has 0 saturated carbocycles. The zero-order chi connectivity index (χ0) is 24.5. The van der Waals surface area contributed by atoms with Crippen molar-refractivity contribution in [3.8, 4) is 0 Å². The van der Waals surface area contributed by atoms with E-state index in [9.17, 15) is 9.90 Å². The van der Waals surface area contributed by atoms with Crippen molar-refractivity contribution in [2.75, 3.05) is 67.5 Å². The number of carboxylic acids is 1. The van der Waals surface area contributed by atoms with Crippen LogP contribution in [0.3, 0.4) is 0 Å². The fraction of sp³-hybridized carbons (Fsp3) is 0.500. The Bertz CT molecular complexity index is 1230. The van der Waals surface area contributed by atoms with Crippen LogP contribution >= 0.6 is 15.9 Å². The van der Waals surface area contributed by atoms with E-state index in [4.69, 9.17) is 0 Å². The maximum Gasteiger partial charge on any atom is 0.336 e. The molecule has 5 rings (SSSR count). The van der Waals surface area contributed by atoms with Gasteiger partial charge in [0.05, 0.1) is 10.9 Å². The van der Waals surface area contributed by atoms with Gasteiger partial charge < -0.3 is 25.1 Å². The predicted octanol–water partition coefficient (Wildman–Crippen LogP) is 3.26. The number of hydrogen-bond donors (Lipinski definition) is 3. The number of aromatic carboxylic acids is 1. The highest BCUT2D eigenvalue weighted by atomic mass is 79.9. The highest BCUT2D eigenvalue weighted by molar-refractivity contribution is 9.10. The molecule has 0 amide bonds. The summed E-state index contributed by atoms with van der Waals surface area (Å²) in [6.45, 7) is 11.1. The Labute approximate surface area is 212 Å². The summed E-state index contributed by atoms with van der Waals surface area (Å²) in [6.07, 6.45) is 4.07. The molecule has 0 radical (unpaired) electrons. The highest BCUT2D eigenvalue weighted by Gasteiger charge is 2.26. The van der Waals surface area contributed by atoms with Gasteiger partial charge in [-0.3, -0.25) is 5.10 Å². The third-order valence-electron chi connectivity index (χ3n) is 7.16. The van der Waals surface area contributed by atoms with Crippen molar-refractivity contribution in [2.24, 2.45) is 0 Å². The zero-order valence-corrected chi connectivity index (χ0v) is 21.7. The number of carboxylic acid groups (broad SMARTS) is 1. The number of rotatable bonds is 7. The molecule has 2 aliphatic heterocycles. The number of benzene rings is 1. The molecule has 0 spiro atoms. The van der Waals surface area contributed by atoms with Crippen LogP contribution in [-0.2, 0) is 0 Å². The smallest absolute Gasteiger partial charge is 0.336 e. The largest absolute Gasteiger partial charge is 0.478 e. The molecule has 186 valence electrons. The second-order valence-electron chi connectivity index (χ2n) is 9.26. The Morgan fingerprint density at radius 3 is 2.51 bits per heavy atom. The number of carbonyl (C=O) groups is 1. The number of piperazine rings is 1. The third kappa shape index (κ3) is 4.66. The van der Waals surface area contributed by atoms with E-state index >= 15 is 0 Å². The third-order valence-corrected chi connectivity index (χ3v) is 7.74. The summed E-state index contributed by atoms with van der Waals surface area (Å²) in [7, 11) is 0. The summed E-state index contributed by atoms with van der Waals surface area (Å²) < 4.78 is 0.774. The molecule has 0 aliphatic carbocycles. The maximum atomic E-state index is 12.1. The number of H-pyrrole nitrogens is 1. The number of anilines is 3. The van der Waals surface area contributed by atoms with Gasteiger partial charge in [0.1, 0.15) is 16.7 Å². The number of fused-ring (bicyclic) bond motifs is 1. The van der Waals surface area contributed by atoms with Crippen LogP contribution in [0.4, 0.5) is 17.2 Å². The van der Waals surface area contributed by atoms with Crippen LogP contribution in [0.15, 0.2) is 17.0 Å². The summed E-state index contributed by atoms with van der Waals surface area (Å²) in [5.41, 5.74) is 4.83. The van der Waals surface area contributed by atoms with Crippen molar-refractivity contribution in [2.45, 2.75) is 26.7 Å². The van der Waals surface area contributed by atoms with E-state index in [0.717, 1.165) is 90.7 Å². The van der Waals surface area contributed by atoms with Crippen LogP contribution in [0, 0.1) is 13.8 Å². The molecule has 2 saturated heterocycles. The molecule has 2 aliphatic rings. The van der Waals surface area contributed by atoms with Crippen molar-refractivity contribution >= 4 is 50.1 Å². The van der Waals surface area contributed by atoms with Crippen LogP contribution in [0.2, 0.25) is 0 Å². The normalized spacial score (nSPS) is 16.9. The minimum atomic E-state index is -0.891. The van der Waals surface area contributed by atoms with E-state index in [0.29, 0.717) is 11.2 Å². The summed E-state index contributed by atoms with van der Waals surface area (Å²) in [5.74, 6) is -0.0366. The quantitative estimate of drug-likeness (QED) is 0.413. The van der Waals surface area contributed by atoms with E-state index in [1.165, 1.54) is 12.8 Å². The van der Waals surface area contributed by atoms with Crippen molar-refractivity contribution < 1.29 is 9.90 Å². The number of hydrogen-bond acceptors (Lipinski definition) is 8. The predicted molar refractivity (Wildman–Crippen MR) is 141 cm³/mol. The van der Waals surface area contributed by atoms with Gasteiger partial charge in [0.25, 0.3) is 0 Å². The number of nitrogens with zero attached hydrogens (tertiary/aromatic N) is 6. The molecule has 10 nitrogen and oxygen atoms in total. The Morgan fingerprint density at radius 1 is 1.09 bits per heavy atom. The number of halogens is 1. The molecule has 11 heteroatoms. The monoisotopic (exact) mass is 542 g/mol. The van der Waals surface area contributed by atoms with Crippen LogP contribution in [-0.4, -0.2) is 88.5 Å². The van der Waals surface area contributed by atoms with Gasteiger partial charge in [0, 0.05) is 50.6 Å². The lowest BCUT2D eigenvalue weighted by atomic mass is 9.98. The average Bonchev–Trinajstić information content (AvgIpc) is 3.51. The molecule has 35 heavy (non-hydrogen) atoms. The number of nitrogens with one attached hydrogen (secondary N) is 2. The molecule has 0 unspecified atom stereocenters. The van der Waals surface area contributed by atoms with Crippen molar-refractivity contribution in [1.29, 1.82) is 0 Å². The standard InChI is InChI=1S/C24H31BrN8O2/c1-15-17(24(34)35)13-18(26-5-8-31-6-3-4-7-31)16(2)20(15)32-9-11-33(12-10-32)23-19-21(25)29-30-22(19)27-14-28-23/h13-14,26H,3-12H2,1-2H3,(H,34,35)(H,27,28,29,30). The van der Waals surface area contributed by atoms with Crippen LogP contribution in [0.1, 0.15) is 34.3 Å². The second-order valence-corrected chi connectivity index (χ2v) is 10.1. The van der Waals surface area contributed by atoms with Crippen molar-refractivity contribution in [3.05, 3.63) is 33.7 Å². The van der Waals surface area contributed by atoms with E-state index < -0.39 is 5.97 Å². The van der Waals surface area contributed by atoms with Gasteiger partial charge in [-0.1, -0.05) is 0 Å². The molecule has 3 aromatic rings. The lowest BCUT2D eigenvalue weighted by molar-refractivity contribution is 0.0696. The first kappa shape index (κ1) is 23.8. The molecular formula is C24H31BrN8O2. The summed E-state index contributed by atoms with van der Waals surface area (Å²) in [6, 6.07) is 1.80. The number of aromatic nitrogens is 4. The van der Waals surface area contributed by atoms with E-state index in [1.807, 2.05) is 6.92 Å². The van der Waals surface area contributed by atoms with E-state index in [2.05, 4.69) is 63.0 Å². The minimum Gasteiger partial charge on any atom is -0.478 e. The lowest BCUT2D eigenvalue weighted by Crippen LogP contribution is -2.47. The molecule has 0 bridgehead atoms. The maximum absolute atomic E-state index is 12.1. The molecule has 2 fully saturated rings. The first-order chi connectivity index (χ1) is 16.9. The summed E-state index contributed by atoms with van der Waals surface area (Å²) in [5, 5.41) is 21.5. The van der Waals surface area contributed by atoms with Gasteiger partial charge in [-0.15, -0.1) is 0 Å². The fourth-order valence-corrected chi connectivity index (χ4v) is 5.76. The lowest BCUT2D eigenvalue weighted by Gasteiger charge is -2.38. The topological polar surface area (TPSA) is 114 Å². The second kappa shape index (κ2) is 9.98. The molecule has 0 atom stereocenters. The minimum absolute atomic E-state index is 0.358. The first-order valence-corrected chi connectivity index (χ1v) is 12.9. The van der Waals surface area contributed by atoms with Gasteiger partial charge >= 0.3 is 5.97 Å². The Balaban J connectivity index is 1.36. The summed E-state index contributed by atoms with van der Waals surface area (Å²) in [4.78, 5) is 27.9. The highest BCUT2D eigenvalue weighted by Crippen LogP contribution is 2.35. The van der Waals surface area contributed by atoms with Crippen LogP contribution < -0.4 is 15.1 Å². The van der Waals surface area contributed by atoms with E-state index in [1.54, 1.807) is 12.4 Å². The Morgan fingerprint density at radius 2 is 1.80 bits per heavy atom. The molecule has 2 aromatic heterocycles. The molecular weight excluding hydrogens is 512 g/mol. The number of aromatic amines is 1. The van der Waals surface area contributed by atoms with Crippen LogP contribution in [0.5, 0.6) is 0 Å². The fourth-order valence-electron chi connectivity index (χ4n) is 5.32. The van der Waals surface area contributed by atoms with Gasteiger partial charge in [-0.05, 0) is 72.9 Å². The molecule has 4 heterocycles. The average molecular weight is 543 g/mol. The van der Waals surface area contributed by atoms with Gasteiger partial charge in [0.15, 0.2) is 5.65 Å². The Hall–Kier alpha value is -2.92. The molecule has 1 aromatic carbocycles. The van der Waals surface area contributed by atoms with Crippen molar-refractivity contribution in [3.63, 3.8) is 0 Å². The first-order valence-electron chi connectivity index (χ1n) is 12.1. The SMILES string of the molecule is Cc1c(NCCN2CCCC2)cc(C(=O)O)c(C)c1N1CCN(c2ncnc3n[nH]c(Br)c23)CC1. The van der Waals surface area contributed by atoms with Crippen molar-refractivity contribution in [1.82, 2.24) is 25.1 Å². The van der Waals surface area contributed by atoms with Crippen LogP contribution in [0.25, 0.3) is 11.0 Å². The van der Waals surface area contributed by atoms with Gasteiger partial charge in [0.2, 0.25) is 0 Å². The van der Waals surface area contributed by atoms with Gasteiger partial charge in [-0.2, -0.15) is 5.10 Å². The zero-order valence-electron chi connectivity index (χ0n) is 20.1. The Kier molecular flexibility index (Phi) is 6.79. The number of likely N-dealkylation sites (tertiary alicyclic amines) is 1. The van der Waals surface area contributed by atoms with E-state index in [-0.39, 0.29) is 0 Å². The van der Waals surface area contributed by atoms with Gasteiger partial charge in [-0.25, -0.2) is 14.8 Å². The summed E-state index contributed by atoms with van der Waals surface area (Å²) >= 11 is 3.52.